The molecular formula is C11H16N6O. The molecule has 0 aliphatic carbocycles. The molecule has 0 unspecified atom stereocenters. The van der Waals surface area contributed by atoms with E-state index in [2.05, 4.69) is 25.2 Å². The zero-order valence-corrected chi connectivity index (χ0v) is 10.3. The van der Waals surface area contributed by atoms with E-state index in [-0.39, 0.29) is 0 Å². The minimum absolute atomic E-state index is 0.304. The number of aromatic amines is 1. The van der Waals surface area contributed by atoms with Gasteiger partial charge >= 0.3 is 0 Å². The molecule has 0 spiro atoms. The zero-order valence-electron chi connectivity index (χ0n) is 10.3. The lowest BCUT2D eigenvalue weighted by atomic mass is 10.1. The Labute approximate surface area is 104 Å². The Morgan fingerprint density at radius 2 is 2.22 bits per heavy atom. The van der Waals surface area contributed by atoms with Crippen LogP contribution >= 0.6 is 0 Å². The Morgan fingerprint density at radius 1 is 1.44 bits per heavy atom. The van der Waals surface area contributed by atoms with Gasteiger partial charge in [0, 0.05) is 25.2 Å². The van der Waals surface area contributed by atoms with Crippen molar-refractivity contribution in [2.45, 2.75) is 25.8 Å². The van der Waals surface area contributed by atoms with E-state index in [1.165, 1.54) is 0 Å². The minimum atomic E-state index is 0.304. The monoisotopic (exact) mass is 248 g/mol. The summed E-state index contributed by atoms with van der Waals surface area (Å²) >= 11 is 0. The summed E-state index contributed by atoms with van der Waals surface area (Å²) in [6.45, 7) is 3.65. The Bertz CT molecular complexity index is 525. The topological polar surface area (TPSA) is 96.9 Å². The van der Waals surface area contributed by atoms with Crippen LogP contribution in [-0.2, 0) is 0 Å². The molecular weight excluding hydrogens is 232 g/mol. The van der Waals surface area contributed by atoms with Crippen molar-refractivity contribution in [2.75, 3.05) is 18.0 Å². The number of piperidine rings is 1. The molecule has 2 aromatic heterocycles. The van der Waals surface area contributed by atoms with Crippen LogP contribution in [0.5, 0.6) is 0 Å². The molecule has 0 aromatic carbocycles. The molecule has 3 heterocycles. The van der Waals surface area contributed by atoms with Gasteiger partial charge in [0.25, 0.3) is 0 Å². The first kappa shape index (κ1) is 11.2. The van der Waals surface area contributed by atoms with Gasteiger partial charge in [0.2, 0.25) is 5.95 Å². The van der Waals surface area contributed by atoms with Crippen LogP contribution in [0.15, 0.2) is 10.6 Å². The smallest absolute Gasteiger partial charge is 0.245 e. The predicted molar refractivity (Wildman–Crippen MR) is 66.0 cm³/mol. The molecule has 2 aromatic rings. The lowest BCUT2D eigenvalue weighted by Crippen LogP contribution is -2.40. The Morgan fingerprint density at radius 3 is 2.89 bits per heavy atom. The molecule has 7 heteroatoms. The summed E-state index contributed by atoms with van der Waals surface area (Å²) < 4.78 is 5.02. The van der Waals surface area contributed by atoms with Gasteiger partial charge in [0.1, 0.15) is 5.76 Å². The summed E-state index contributed by atoms with van der Waals surface area (Å²) in [5, 5.41) is 11.0. The highest BCUT2D eigenvalue weighted by Gasteiger charge is 2.20. The molecule has 0 saturated carbocycles. The Hall–Kier alpha value is -1.89. The summed E-state index contributed by atoms with van der Waals surface area (Å²) in [6.07, 6.45) is 1.96. The predicted octanol–water partition coefficient (Wildman–Crippen LogP) is 0.696. The number of H-pyrrole nitrogens is 1. The molecule has 3 N–H and O–H groups in total. The number of nitrogens with two attached hydrogens (primary N) is 1. The molecule has 1 aliphatic rings. The molecule has 0 atom stereocenters. The van der Waals surface area contributed by atoms with Crippen LogP contribution in [0, 0.1) is 6.92 Å². The van der Waals surface area contributed by atoms with E-state index in [1.54, 1.807) is 0 Å². The minimum Gasteiger partial charge on any atom is -0.361 e. The van der Waals surface area contributed by atoms with Crippen LogP contribution in [0.2, 0.25) is 0 Å². The van der Waals surface area contributed by atoms with Crippen LogP contribution in [0.25, 0.3) is 11.5 Å². The molecule has 18 heavy (non-hydrogen) atoms. The van der Waals surface area contributed by atoms with E-state index in [9.17, 15) is 0 Å². The fraction of sp³-hybridized carbons (Fsp3) is 0.545. The summed E-state index contributed by atoms with van der Waals surface area (Å²) in [5.74, 6) is 2.10. The summed E-state index contributed by atoms with van der Waals surface area (Å²) in [7, 11) is 0. The van der Waals surface area contributed by atoms with Crippen molar-refractivity contribution in [3.63, 3.8) is 0 Å². The summed E-state index contributed by atoms with van der Waals surface area (Å²) in [6, 6.07) is 2.13. The Balaban J connectivity index is 1.77. The van der Waals surface area contributed by atoms with Crippen LogP contribution in [0.1, 0.15) is 18.6 Å². The molecule has 96 valence electrons. The van der Waals surface area contributed by atoms with Crippen LogP contribution in [0.3, 0.4) is 0 Å². The molecule has 0 bridgehead atoms. The van der Waals surface area contributed by atoms with Crippen molar-refractivity contribution in [1.29, 1.82) is 0 Å². The molecule has 1 saturated heterocycles. The molecule has 1 aliphatic heterocycles. The zero-order chi connectivity index (χ0) is 12.5. The Kier molecular flexibility index (Phi) is 2.75. The summed E-state index contributed by atoms with van der Waals surface area (Å²) in [4.78, 5) is 6.57. The molecule has 3 rings (SSSR count). The average molecular weight is 248 g/mol. The van der Waals surface area contributed by atoms with Crippen LogP contribution in [-0.4, -0.2) is 39.5 Å². The second kappa shape index (κ2) is 4.41. The van der Waals surface area contributed by atoms with E-state index in [4.69, 9.17) is 10.3 Å². The van der Waals surface area contributed by atoms with E-state index in [0.29, 0.717) is 23.5 Å². The van der Waals surface area contributed by atoms with E-state index in [1.807, 2.05) is 13.0 Å². The maximum atomic E-state index is 5.88. The number of rotatable bonds is 2. The largest absolute Gasteiger partial charge is 0.361 e. The maximum absolute atomic E-state index is 5.88. The lowest BCUT2D eigenvalue weighted by Gasteiger charge is -2.28. The van der Waals surface area contributed by atoms with Crippen molar-refractivity contribution in [3.8, 4) is 11.5 Å². The highest BCUT2D eigenvalue weighted by Crippen LogP contribution is 2.19. The van der Waals surface area contributed by atoms with Crippen LogP contribution < -0.4 is 10.6 Å². The first-order valence-electron chi connectivity index (χ1n) is 6.09. The van der Waals surface area contributed by atoms with Crippen LogP contribution in [0.4, 0.5) is 5.95 Å². The van der Waals surface area contributed by atoms with Gasteiger partial charge < -0.3 is 15.2 Å². The number of hydrogen-bond donors (Lipinski definition) is 2. The van der Waals surface area contributed by atoms with Crippen molar-refractivity contribution >= 4 is 5.95 Å². The van der Waals surface area contributed by atoms with Gasteiger partial charge in [-0.25, -0.2) is 0 Å². The molecule has 1 fully saturated rings. The van der Waals surface area contributed by atoms with Gasteiger partial charge in [-0.05, 0) is 19.8 Å². The fourth-order valence-corrected chi connectivity index (χ4v) is 2.09. The SMILES string of the molecule is Cc1cc(-c2nc(N3CCC(N)CC3)n[nH]2)no1. The van der Waals surface area contributed by atoms with Crippen molar-refractivity contribution in [3.05, 3.63) is 11.8 Å². The number of nitrogens with zero attached hydrogens (tertiary/aromatic N) is 4. The summed E-state index contributed by atoms with van der Waals surface area (Å²) in [5.41, 5.74) is 6.56. The van der Waals surface area contributed by atoms with Gasteiger partial charge in [-0.15, -0.1) is 5.10 Å². The highest BCUT2D eigenvalue weighted by atomic mass is 16.5. The van der Waals surface area contributed by atoms with Gasteiger partial charge in [0.15, 0.2) is 11.5 Å². The third-order valence-corrected chi connectivity index (χ3v) is 3.17. The standard InChI is InChI=1S/C11H16N6O/c1-7-6-9(16-18-7)10-13-11(15-14-10)17-4-2-8(12)3-5-17/h6,8H,2-5,12H2,1H3,(H,13,14,15). The van der Waals surface area contributed by atoms with Gasteiger partial charge in [0.05, 0.1) is 0 Å². The highest BCUT2D eigenvalue weighted by molar-refractivity contribution is 5.50. The number of nitrogens with one attached hydrogen (secondary N) is 1. The van der Waals surface area contributed by atoms with Crippen molar-refractivity contribution < 1.29 is 4.52 Å². The van der Waals surface area contributed by atoms with E-state index >= 15 is 0 Å². The average Bonchev–Trinajstić information content (AvgIpc) is 2.98. The van der Waals surface area contributed by atoms with Gasteiger partial charge in [-0.2, -0.15) is 4.98 Å². The molecule has 7 nitrogen and oxygen atoms in total. The van der Waals surface area contributed by atoms with E-state index in [0.717, 1.165) is 31.7 Å². The second-order valence-electron chi connectivity index (χ2n) is 4.63. The lowest BCUT2D eigenvalue weighted by molar-refractivity contribution is 0.399. The fourth-order valence-electron chi connectivity index (χ4n) is 2.09. The first-order valence-corrected chi connectivity index (χ1v) is 6.09. The van der Waals surface area contributed by atoms with Gasteiger partial charge in [-0.1, -0.05) is 5.16 Å². The number of aryl methyl sites for hydroxylation is 1. The third kappa shape index (κ3) is 2.08. The van der Waals surface area contributed by atoms with Gasteiger partial charge in [-0.3, -0.25) is 5.10 Å². The number of hydrogen-bond acceptors (Lipinski definition) is 6. The van der Waals surface area contributed by atoms with E-state index < -0.39 is 0 Å². The van der Waals surface area contributed by atoms with Crippen molar-refractivity contribution in [2.24, 2.45) is 5.73 Å². The number of aromatic nitrogens is 4. The first-order chi connectivity index (χ1) is 8.72. The maximum Gasteiger partial charge on any atom is 0.245 e. The normalized spacial score (nSPS) is 17.3. The second-order valence-corrected chi connectivity index (χ2v) is 4.63. The molecule has 0 radical (unpaired) electrons. The number of anilines is 1. The quantitative estimate of drug-likeness (QED) is 0.811. The van der Waals surface area contributed by atoms with Crippen molar-refractivity contribution in [1.82, 2.24) is 20.3 Å². The molecule has 0 amide bonds. The third-order valence-electron chi connectivity index (χ3n) is 3.17.